The van der Waals surface area contributed by atoms with Gasteiger partial charge in [-0.25, -0.2) is 9.48 Å². The molecule has 2 aliphatic rings. The smallest absolute Gasteiger partial charge is 0.320 e. The largest absolute Gasteiger partial charge is 0.322 e. The lowest BCUT2D eigenvalue weighted by molar-refractivity contribution is -0.0538. The molecule has 1 aromatic carbocycles. The Hall–Kier alpha value is -2.56. The van der Waals surface area contributed by atoms with Crippen LogP contribution in [0.2, 0.25) is 0 Å². The molecule has 0 radical (unpaired) electrons. The van der Waals surface area contributed by atoms with E-state index >= 15 is 0 Å². The Balaban J connectivity index is 1.54. The van der Waals surface area contributed by atoms with Crippen molar-refractivity contribution in [1.82, 2.24) is 14.7 Å². The first-order valence-corrected chi connectivity index (χ1v) is 9.34. The Kier molecular flexibility index (Phi) is 4.10. The summed E-state index contributed by atoms with van der Waals surface area (Å²) in [5.41, 5.74) is 2.87. The summed E-state index contributed by atoms with van der Waals surface area (Å²) < 4.78 is 1.81. The zero-order valence-electron chi connectivity index (χ0n) is 15.6. The fraction of sp³-hybridized carbons (Fsp3) is 0.429. The zero-order chi connectivity index (χ0) is 18.3. The Bertz CT molecular complexity index is 843. The maximum atomic E-state index is 13.0. The number of benzene rings is 1. The normalized spacial score (nSPS) is 20.6. The van der Waals surface area contributed by atoms with E-state index in [-0.39, 0.29) is 17.5 Å². The van der Waals surface area contributed by atoms with Gasteiger partial charge in [-0.3, -0.25) is 0 Å². The van der Waals surface area contributed by atoms with Gasteiger partial charge in [0, 0.05) is 24.2 Å². The SMILES string of the molecule is Cc1ccn(-c2ccccc2NC(=O)N2CC3(CC=CC3)C2C(C)C)n1. The van der Waals surface area contributed by atoms with Gasteiger partial charge < -0.3 is 10.2 Å². The van der Waals surface area contributed by atoms with Crippen LogP contribution in [0.15, 0.2) is 48.7 Å². The van der Waals surface area contributed by atoms with Crippen molar-refractivity contribution < 1.29 is 4.79 Å². The van der Waals surface area contributed by atoms with Crippen molar-refractivity contribution in [1.29, 1.82) is 0 Å². The second kappa shape index (κ2) is 6.31. The Morgan fingerprint density at radius 3 is 2.62 bits per heavy atom. The number of hydrogen-bond acceptors (Lipinski definition) is 2. The quantitative estimate of drug-likeness (QED) is 0.835. The summed E-state index contributed by atoms with van der Waals surface area (Å²) in [5.74, 6) is 0.443. The van der Waals surface area contributed by atoms with Gasteiger partial charge in [0.2, 0.25) is 0 Å². The molecular formula is C21H26N4O. The Morgan fingerprint density at radius 2 is 1.96 bits per heavy atom. The van der Waals surface area contributed by atoms with E-state index in [0.29, 0.717) is 5.92 Å². The number of hydrogen-bond donors (Lipinski definition) is 1. The fourth-order valence-electron chi connectivity index (χ4n) is 4.62. The first-order valence-electron chi connectivity index (χ1n) is 9.34. The molecule has 1 fully saturated rings. The van der Waals surface area contributed by atoms with Crippen LogP contribution in [0.5, 0.6) is 0 Å². The van der Waals surface area contributed by atoms with E-state index in [1.54, 1.807) is 0 Å². The summed E-state index contributed by atoms with van der Waals surface area (Å²) in [4.78, 5) is 15.0. The van der Waals surface area contributed by atoms with Crippen molar-refractivity contribution in [3.05, 3.63) is 54.4 Å². The molecule has 1 aliphatic carbocycles. The number of rotatable bonds is 3. The van der Waals surface area contributed by atoms with Crippen molar-refractivity contribution in [3.63, 3.8) is 0 Å². The molecule has 2 amide bonds. The molecule has 0 bridgehead atoms. The van der Waals surface area contributed by atoms with Gasteiger partial charge in [0.1, 0.15) is 0 Å². The van der Waals surface area contributed by atoms with Crippen LogP contribution >= 0.6 is 0 Å². The van der Waals surface area contributed by atoms with Gasteiger partial charge in [-0.05, 0) is 43.9 Å². The third-order valence-corrected chi connectivity index (χ3v) is 5.67. The number of para-hydroxylation sites is 2. The maximum Gasteiger partial charge on any atom is 0.322 e. The predicted octanol–water partition coefficient (Wildman–Crippen LogP) is 4.39. The first kappa shape index (κ1) is 16.9. The lowest BCUT2D eigenvalue weighted by Gasteiger charge is -2.58. The van der Waals surface area contributed by atoms with Crippen LogP contribution in [0.25, 0.3) is 5.69 Å². The van der Waals surface area contributed by atoms with E-state index < -0.39 is 0 Å². The molecule has 26 heavy (non-hydrogen) atoms. The number of urea groups is 1. The number of likely N-dealkylation sites (tertiary alicyclic amines) is 1. The van der Waals surface area contributed by atoms with Crippen LogP contribution in [0.1, 0.15) is 32.4 Å². The zero-order valence-corrected chi connectivity index (χ0v) is 15.6. The van der Waals surface area contributed by atoms with Crippen molar-refractivity contribution in [2.45, 2.75) is 39.7 Å². The number of aromatic nitrogens is 2. The highest BCUT2D eigenvalue weighted by molar-refractivity contribution is 5.92. The number of nitrogens with one attached hydrogen (secondary N) is 1. The molecule has 5 heteroatoms. The van der Waals surface area contributed by atoms with Crippen molar-refractivity contribution in [2.75, 3.05) is 11.9 Å². The summed E-state index contributed by atoms with van der Waals surface area (Å²) >= 11 is 0. The van der Waals surface area contributed by atoms with E-state index in [9.17, 15) is 4.79 Å². The Labute approximate surface area is 154 Å². The third-order valence-electron chi connectivity index (χ3n) is 5.67. The van der Waals surface area contributed by atoms with Crippen LogP contribution in [0, 0.1) is 18.3 Å². The summed E-state index contributed by atoms with van der Waals surface area (Å²) in [6, 6.07) is 10.0. The molecule has 1 aliphatic heterocycles. The second-order valence-corrected chi connectivity index (χ2v) is 7.91. The highest BCUT2D eigenvalue weighted by Gasteiger charge is 2.55. The molecule has 2 aromatic rings. The van der Waals surface area contributed by atoms with Gasteiger partial charge >= 0.3 is 6.03 Å². The monoisotopic (exact) mass is 350 g/mol. The summed E-state index contributed by atoms with van der Waals surface area (Å²) in [5, 5.41) is 7.59. The molecule has 1 aromatic heterocycles. The number of allylic oxidation sites excluding steroid dienone is 2. The molecule has 0 saturated carbocycles. The Morgan fingerprint density at radius 1 is 1.23 bits per heavy atom. The van der Waals surface area contributed by atoms with Gasteiger partial charge in [-0.15, -0.1) is 0 Å². The van der Waals surface area contributed by atoms with E-state index in [2.05, 4.69) is 36.4 Å². The molecule has 1 saturated heterocycles. The number of anilines is 1. The molecule has 136 valence electrons. The van der Waals surface area contributed by atoms with Gasteiger partial charge in [0.15, 0.2) is 0 Å². The maximum absolute atomic E-state index is 13.0. The lowest BCUT2D eigenvalue weighted by atomic mass is 9.65. The number of nitrogens with zero attached hydrogens (tertiary/aromatic N) is 3. The number of amides is 2. The summed E-state index contributed by atoms with van der Waals surface area (Å²) in [7, 11) is 0. The predicted molar refractivity (Wildman–Crippen MR) is 103 cm³/mol. The van der Waals surface area contributed by atoms with E-state index in [1.807, 2.05) is 53.0 Å². The van der Waals surface area contributed by atoms with Gasteiger partial charge in [0.05, 0.1) is 17.1 Å². The number of carbonyl (C=O) groups is 1. The fourth-order valence-corrected chi connectivity index (χ4v) is 4.62. The molecule has 1 spiro atoms. The summed E-state index contributed by atoms with van der Waals surface area (Å²) in [6.45, 7) is 7.22. The van der Waals surface area contributed by atoms with Gasteiger partial charge in [-0.1, -0.05) is 38.1 Å². The number of aryl methyl sites for hydroxylation is 1. The van der Waals surface area contributed by atoms with Gasteiger partial charge in [-0.2, -0.15) is 5.10 Å². The summed E-state index contributed by atoms with van der Waals surface area (Å²) in [6.07, 6.45) is 8.62. The van der Waals surface area contributed by atoms with Crippen LogP contribution in [-0.2, 0) is 0 Å². The van der Waals surface area contributed by atoms with Crippen LogP contribution in [-0.4, -0.2) is 33.3 Å². The van der Waals surface area contributed by atoms with Crippen LogP contribution in [0.4, 0.5) is 10.5 Å². The van der Waals surface area contributed by atoms with Crippen molar-refractivity contribution in [2.24, 2.45) is 11.3 Å². The average molecular weight is 350 g/mol. The minimum atomic E-state index is -0.0162. The molecule has 5 nitrogen and oxygen atoms in total. The van der Waals surface area contributed by atoms with Gasteiger partial charge in [0.25, 0.3) is 0 Å². The molecule has 1 N–H and O–H groups in total. The highest BCUT2D eigenvalue weighted by atomic mass is 16.2. The molecule has 1 atom stereocenters. The lowest BCUT2D eigenvalue weighted by Crippen LogP contribution is -2.68. The first-order chi connectivity index (χ1) is 12.5. The number of carbonyl (C=O) groups excluding carboxylic acids is 1. The van der Waals surface area contributed by atoms with E-state index in [1.165, 1.54) is 0 Å². The standard InChI is InChI=1S/C21H26N4O/c1-15(2)19-21(11-6-7-12-21)14-24(19)20(26)22-17-8-4-5-9-18(17)25-13-10-16(3)23-25/h4-10,13,15,19H,11-12,14H2,1-3H3,(H,22,26). The minimum Gasteiger partial charge on any atom is -0.320 e. The van der Waals surface area contributed by atoms with Crippen LogP contribution < -0.4 is 5.32 Å². The highest BCUT2D eigenvalue weighted by Crippen LogP contribution is 2.50. The second-order valence-electron chi connectivity index (χ2n) is 7.91. The van der Waals surface area contributed by atoms with Crippen molar-refractivity contribution >= 4 is 11.7 Å². The average Bonchev–Trinajstić information content (AvgIpc) is 3.23. The molecule has 2 heterocycles. The third kappa shape index (κ3) is 2.71. The molecular weight excluding hydrogens is 324 g/mol. The molecule has 4 rings (SSSR count). The molecule has 1 unspecified atom stereocenters. The van der Waals surface area contributed by atoms with Crippen molar-refractivity contribution in [3.8, 4) is 5.69 Å². The van der Waals surface area contributed by atoms with E-state index in [0.717, 1.165) is 36.5 Å². The minimum absolute atomic E-state index is 0.0162. The topological polar surface area (TPSA) is 50.2 Å². The van der Waals surface area contributed by atoms with Crippen LogP contribution in [0.3, 0.4) is 0 Å². The van der Waals surface area contributed by atoms with E-state index in [4.69, 9.17) is 0 Å².